The quantitative estimate of drug-likeness (QED) is 0.541. The number of aromatic nitrogens is 2. The summed E-state index contributed by atoms with van der Waals surface area (Å²) in [6.07, 6.45) is 0. The molecule has 3 aromatic heterocycles. The van der Waals surface area contributed by atoms with E-state index >= 15 is 0 Å². The smallest absolute Gasteiger partial charge is 0.271 e. The largest absolute Gasteiger partial charge is 0.350 e. The molecule has 0 aromatic carbocycles. The van der Waals surface area contributed by atoms with E-state index in [0.29, 0.717) is 26.3 Å². The molecule has 0 aliphatic heterocycles. The van der Waals surface area contributed by atoms with Crippen LogP contribution in [0, 0.1) is 0 Å². The second-order valence-electron chi connectivity index (χ2n) is 4.66. The fourth-order valence-electron chi connectivity index (χ4n) is 1.91. The zero-order valence-electron chi connectivity index (χ0n) is 12.0. The Balaban J connectivity index is 1.62. The lowest BCUT2D eigenvalue weighted by Gasteiger charge is -2.07. The molecule has 3 aromatic rings. The average molecular weight is 386 g/mol. The van der Waals surface area contributed by atoms with Gasteiger partial charge in [-0.25, -0.2) is 4.98 Å². The standard InChI is InChI=1S/C14H12ClN3O2S3/c1-18-13(20)12-9(4-5-21-12)17-14(18)22-7-11(19)16-6-8-2-3-10(15)23-8/h2-5H,6-7H2,1H3,(H,16,19). The summed E-state index contributed by atoms with van der Waals surface area (Å²) in [4.78, 5) is 29.5. The van der Waals surface area contributed by atoms with Gasteiger partial charge in [0.1, 0.15) is 4.70 Å². The molecule has 5 nitrogen and oxygen atoms in total. The van der Waals surface area contributed by atoms with Crippen LogP contribution in [0.4, 0.5) is 0 Å². The van der Waals surface area contributed by atoms with E-state index in [1.807, 2.05) is 17.5 Å². The number of thiophene rings is 2. The number of carbonyl (C=O) groups is 1. The second-order valence-corrected chi connectivity index (χ2v) is 8.32. The number of halogens is 1. The molecule has 1 amide bonds. The van der Waals surface area contributed by atoms with E-state index in [1.165, 1.54) is 39.0 Å². The number of nitrogens with zero attached hydrogens (tertiary/aromatic N) is 2. The molecule has 0 saturated carbocycles. The Labute approximate surface area is 149 Å². The summed E-state index contributed by atoms with van der Waals surface area (Å²) in [6, 6.07) is 5.50. The van der Waals surface area contributed by atoms with Crippen molar-refractivity contribution in [2.75, 3.05) is 5.75 Å². The highest BCUT2D eigenvalue weighted by Gasteiger charge is 2.11. The molecule has 23 heavy (non-hydrogen) atoms. The van der Waals surface area contributed by atoms with Crippen LogP contribution in [-0.4, -0.2) is 21.2 Å². The van der Waals surface area contributed by atoms with Crippen LogP contribution in [0.5, 0.6) is 0 Å². The van der Waals surface area contributed by atoms with E-state index in [-0.39, 0.29) is 17.2 Å². The molecule has 0 unspecified atom stereocenters. The van der Waals surface area contributed by atoms with Crippen molar-refractivity contribution in [1.82, 2.24) is 14.9 Å². The van der Waals surface area contributed by atoms with Crippen LogP contribution in [0.1, 0.15) is 4.88 Å². The summed E-state index contributed by atoms with van der Waals surface area (Å²) in [5.74, 6) is 0.0915. The Kier molecular flexibility index (Phi) is 5.05. The molecule has 0 aliphatic carbocycles. The third-order valence-electron chi connectivity index (χ3n) is 3.07. The molecular formula is C14H12ClN3O2S3. The van der Waals surface area contributed by atoms with Gasteiger partial charge in [0, 0.05) is 11.9 Å². The van der Waals surface area contributed by atoms with Crippen molar-refractivity contribution < 1.29 is 4.79 Å². The third-order valence-corrected chi connectivity index (χ3v) is 6.22. The Hall–Kier alpha value is -1.35. The highest BCUT2D eigenvalue weighted by Crippen LogP contribution is 2.22. The van der Waals surface area contributed by atoms with E-state index < -0.39 is 0 Å². The maximum Gasteiger partial charge on any atom is 0.271 e. The van der Waals surface area contributed by atoms with Gasteiger partial charge in [0.25, 0.3) is 5.56 Å². The molecule has 0 saturated heterocycles. The highest BCUT2D eigenvalue weighted by atomic mass is 35.5. The predicted octanol–water partition coefficient (Wildman–Crippen LogP) is 3.12. The van der Waals surface area contributed by atoms with Crippen molar-refractivity contribution in [3.05, 3.63) is 43.1 Å². The van der Waals surface area contributed by atoms with E-state index in [0.717, 1.165) is 4.88 Å². The molecule has 9 heteroatoms. The van der Waals surface area contributed by atoms with Gasteiger partial charge in [-0.2, -0.15) is 0 Å². The van der Waals surface area contributed by atoms with Gasteiger partial charge in [0.05, 0.1) is 22.2 Å². The van der Waals surface area contributed by atoms with E-state index in [9.17, 15) is 9.59 Å². The van der Waals surface area contributed by atoms with Crippen LogP contribution in [0.3, 0.4) is 0 Å². The van der Waals surface area contributed by atoms with Gasteiger partial charge in [0.15, 0.2) is 5.16 Å². The van der Waals surface area contributed by atoms with E-state index in [1.54, 1.807) is 13.1 Å². The maximum atomic E-state index is 12.2. The van der Waals surface area contributed by atoms with Crippen molar-refractivity contribution in [3.8, 4) is 0 Å². The Morgan fingerprint density at radius 1 is 1.43 bits per heavy atom. The average Bonchev–Trinajstić information content (AvgIpc) is 3.16. The second kappa shape index (κ2) is 7.04. The highest BCUT2D eigenvalue weighted by molar-refractivity contribution is 7.99. The summed E-state index contributed by atoms with van der Waals surface area (Å²) < 4.78 is 2.82. The van der Waals surface area contributed by atoms with Gasteiger partial charge in [0.2, 0.25) is 5.91 Å². The normalized spacial score (nSPS) is 11.0. The summed E-state index contributed by atoms with van der Waals surface area (Å²) in [7, 11) is 1.67. The lowest BCUT2D eigenvalue weighted by atomic mass is 10.4. The number of thioether (sulfide) groups is 1. The maximum absolute atomic E-state index is 12.2. The van der Waals surface area contributed by atoms with Crippen LogP contribution in [0.15, 0.2) is 33.5 Å². The number of rotatable bonds is 5. The summed E-state index contributed by atoms with van der Waals surface area (Å²) in [6.45, 7) is 0.451. The van der Waals surface area contributed by atoms with Crippen LogP contribution in [-0.2, 0) is 18.4 Å². The Morgan fingerprint density at radius 3 is 3.00 bits per heavy atom. The summed E-state index contributed by atoms with van der Waals surface area (Å²) in [5, 5.41) is 5.20. The molecule has 0 spiro atoms. The van der Waals surface area contributed by atoms with Crippen LogP contribution in [0.2, 0.25) is 4.34 Å². The molecule has 0 atom stereocenters. The van der Waals surface area contributed by atoms with E-state index in [4.69, 9.17) is 11.6 Å². The molecular weight excluding hydrogens is 374 g/mol. The summed E-state index contributed by atoms with van der Waals surface area (Å²) >= 11 is 9.91. The van der Waals surface area contributed by atoms with Crippen LogP contribution >= 0.6 is 46.0 Å². The minimum atomic E-state index is -0.112. The fourth-order valence-corrected chi connectivity index (χ4v) is 4.54. The molecule has 0 bridgehead atoms. The fraction of sp³-hybridized carbons (Fsp3) is 0.214. The minimum absolute atomic E-state index is 0.0823. The third kappa shape index (κ3) is 3.77. The number of fused-ring (bicyclic) bond motifs is 1. The van der Waals surface area contributed by atoms with Gasteiger partial charge in [-0.1, -0.05) is 23.4 Å². The minimum Gasteiger partial charge on any atom is -0.350 e. The van der Waals surface area contributed by atoms with Crippen molar-refractivity contribution >= 4 is 62.2 Å². The molecule has 0 aliphatic rings. The van der Waals surface area contributed by atoms with Crippen LogP contribution in [0.25, 0.3) is 10.2 Å². The van der Waals surface area contributed by atoms with Gasteiger partial charge in [-0.3, -0.25) is 14.2 Å². The zero-order chi connectivity index (χ0) is 16.4. The molecule has 3 rings (SSSR count). The summed E-state index contributed by atoms with van der Waals surface area (Å²) in [5.41, 5.74) is 0.593. The first-order valence-corrected chi connectivity index (χ1v) is 9.68. The lowest BCUT2D eigenvalue weighted by Crippen LogP contribution is -2.25. The molecule has 1 N–H and O–H groups in total. The number of hydrogen-bond donors (Lipinski definition) is 1. The van der Waals surface area contributed by atoms with Crippen molar-refractivity contribution in [1.29, 1.82) is 0 Å². The Bertz CT molecular complexity index is 916. The molecule has 3 heterocycles. The molecule has 0 radical (unpaired) electrons. The zero-order valence-corrected chi connectivity index (χ0v) is 15.2. The van der Waals surface area contributed by atoms with Gasteiger partial charge in [-0.15, -0.1) is 22.7 Å². The number of hydrogen-bond acceptors (Lipinski definition) is 6. The molecule has 120 valence electrons. The van der Waals surface area contributed by atoms with Gasteiger partial charge >= 0.3 is 0 Å². The monoisotopic (exact) mass is 385 g/mol. The van der Waals surface area contributed by atoms with Crippen LogP contribution < -0.4 is 10.9 Å². The van der Waals surface area contributed by atoms with E-state index in [2.05, 4.69) is 10.3 Å². The van der Waals surface area contributed by atoms with Gasteiger partial charge < -0.3 is 5.32 Å². The topological polar surface area (TPSA) is 64.0 Å². The lowest BCUT2D eigenvalue weighted by molar-refractivity contribution is -0.118. The number of nitrogens with one attached hydrogen (secondary N) is 1. The number of amides is 1. The first kappa shape index (κ1) is 16.5. The van der Waals surface area contributed by atoms with Crippen molar-refractivity contribution in [3.63, 3.8) is 0 Å². The van der Waals surface area contributed by atoms with Crippen molar-refractivity contribution in [2.24, 2.45) is 7.05 Å². The Morgan fingerprint density at radius 2 is 2.26 bits per heavy atom. The van der Waals surface area contributed by atoms with Gasteiger partial charge in [-0.05, 0) is 23.6 Å². The molecule has 0 fully saturated rings. The predicted molar refractivity (Wildman–Crippen MR) is 96.8 cm³/mol. The number of carbonyl (C=O) groups excluding carboxylic acids is 1. The first-order valence-electron chi connectivity index (χ1n) is 6.62. The van der Waals surface area contributed by atoms with Crippen molar-refractivity contribution in [2.45, 2.75) is 11.7 Å². The SMILES string of the molecule is Cn1c(SCC(=O)NCc2ccc(Cl)s2)nc2ccsc2c1=O. The first-order chi connectivity index (χ1) is 11.0.